The van der Waals surface area contributed by atoms with Crippen LogP contribution in [0.4, 0.5) is 11.4 Å². The summed E-state index contributed by atoms with van der Waals surface area (Å²) in [6.45, 7) is 2.54. The first-order valence-electron chi connectivity index (χ1n) is 9.89. The largest absolute Gasteiger partial charge is 0.494 e. The molecule has 3 aromatic carbocycles. The minimum Gasteiger partial charge on any atom is -0.494 e. The Morgan fingerprint density at radius 3 is 2.48 bits per heavy atom. The third-order valence-corrected chi connectivity index (χ3v) is 6.77. The highest BCUT2D eigenvalue weighted by atomic mass is 79.9. The van der Waals surface area contributed by atoms with Gasteiger partial charge in [-0.25, -0.2) is 0 Å². The zero-order chi connectivity index (χ0) is 21.8. The number of amides is 2. The number of thioether (sulfide) groups is 1. The number of hydrogen-bond acceptors (Lipinski definition) is 4. The third-order valence-electron chi connectivity index (χ3n) is 4.87. The zero-order valence-corrected chi connectivity index (χ0v) is 19.3. The number of carbonyl (C=O) groups excluding carboxylic acids is 2. The number of halogens is 1. The van der Waals surface area contributed by atoms with Crippen molar-refractivity contribution in [2.45, 2.75) is 12.3 Å². The van der Waals surface area contributed by atoms with Crippen LogP contribution in [-0.4, -0.2) is 24.2 Å². The second kappa shape index (κ2) is 9.58. The summed E-state index contributed by atoms with van der Waals surface area (Å²) in [5.41, 5.74) is 3.12. The lowest BCUT2D eigenvalue weighted by Gasteiger charge is -2.24. The Hall–Kier alpha value is -2.77. The Morgan fingerprint density at radius 1 is 1.10 bits per heavy atom. The standard InChI is InChI=1S/C24H21BrN2O3S/c1-2-30-19-13-11-18(12-14-19)27-22(28)15-31-24(27)16-7-9-17(10-8-16)26-23(29)20-5-3-4-6-21(20)25/h3-14,24H,2,15H2,1H3,(H,26,29). The van der Waals surface area contributed by atoms with E-state index in [0.29, 0.717) is 23.6 Å². The van der Waals surface area contributed by atoms with E-state index in [0.717, 1.165) is 21.5 Å². The fourth-order valence-corrected chi connectivity index (χ4v) is 5.04. The van der Waals surface area contributed by atoms with Gasteiger partial charge < -0.3 is 10.1 Å². The Morgan fingerprint density at radius 2 is 1.81 bits per heavy atom. The summed E-state index contributed by atoms with van der Waals surface area (Å²) < 4.78 is 6.25. The van der Waals surface area contributed by atoms with Gasteiger partial charge in [0.2, 0.25) is 5.91 Å². The maximum absolute atomic E-state index is 12.6. The molecular weight excluding hydrogens is 476 g/mol. The number of nitrogens with zero attached hydrogens (tertiary/aromatic N) is 1. The predicted molar refractivity (Wildman–Crippen MR) is 129 cm³/mol. The molecule has 1 heterocycles. The van der Waals surface area contributed by atoms with Gasteiger partial charge in [0.05, 0.1) is 17.9 Å². The third kappa shape index (κ3) is 4.78. The van der Waals surface area contributed by atoms with Crippen LogP contribution < -0.4 is 15.0 Å². The van der Waals surface area contributed by atoms with E-state index < -0.39 is 0 Å². The Labute approximate surface area is 193 Å². The molecule has 0 saturated carbocycles. The van der Waals surface area contributed by atoms with Gasteiger partial charge in [-0.05, 0) is 76.9 Å². The van der Waals surface area contributed by atoms with Crippen molar-refractivity contribution in [2.75, 3.05) is 22.6 Å². The lowest BCUT2D eigenvalue weighted by Crippen LogP contribution is -2.27. The molecule has 0 aromatic heterocycles. The summed E-state index contributed by atoms with van der Waals surface area (Å²) >= 11 is 5.00. The van der Waals surface area contributed by atoms with Crippen molar-refractivity contribution in [1.82, 2.24) is 0 Å². The molecule has 0 radical (unpaired) electrons. The van der Waals surface area contributed by atoms with Crippen LogP contribution in [0.1, 0.15) is 28.2 Å². The van der Waals surface area contributed by atoms with Gasteiger partial charge in [0.1, 0.15) is 11.1 Å². The highest BCUT2D eigenvalue weighted by molar-refractivity contribution is 9.10. The second-order valence-corrected chi connectivity index (χ2v) is 8.83. The van der Waals surface area contributed by atoms with E-state index in [2.05, 4.69) is 21.2 Å². The SMILES string of the molecule is CCOc1ccc(N2C(=O)CSC2c2ccc(NC(=O)c3ccccc3Br)cc2)cc1. The molecule has 0 bridgehead atoms. The summed E-state index contributed by atoms with van der Waals surface area (Å²) in [7, 11) is 0. The molecule has 2 amide bonds. The molecule has 5 nitrogen and oxygen atoms in total. The average Bonchev–Trinajstić information content (AvgIpc) is 3.16. The number of anilines is 2. The maximum Gasteiger partial charge on any atom is 0.256 e. The van der Waals surface area contributed by atoms with Crippen molar-refractivity contribution in [3.63, 3.8) is 0 Å². The summed E-state index contributed by atoms with van der Waals surface area (Å²) in [5, 5.41) is 2.80. The monoisotopic (exact) mass is 496 g/mol. The topological polar surface area (TPSA) is 58.6 Å². The van der Waals surface area contributed by atoms with Crippen LogP contribution in [0.2, 0.25) is 0 Å². The van der Waals surface area contributed by atoms with Crippen LogP contribution in [-0.2, 0) is 4.79 Å². The molecule has 7 heteroatoms. The van der Waals surface area contributed by atoms with Gasteiger partial charge in [-0.1, -0.05) is 24.3 Å². The van der Waals surface area contributed by atoms with Crippen LogP contribution in [0, 0.1) is 0 Å². The van der Waals surface area contributed by atoms with Gasteiger partial charge in [-0.2, -0.15) is 0 Å². The maximum atomic E-state index is 12.6. The molecule has 1 unspecified atom stereocenters. The molecule has 1 atom stereocenters. The van der Waals surface area contributed by atoms with E-state index >= 15 is 0 Å². The molecule has 3 aromatic rings. The van der Waals surface area contributed by atoms with Gasteiger partial charge in [0.15, 0.2) is 0 Å². The van der Waals surface area contributed by atoms with Gasteiger partial charge in [0, 0.05) is 15.8 Å². The van der Waals surface area contributed by atoms with Crippen molar-refractivity contribution in [3.05, 3.63) is 88.4 Å². The molecule has 4 rings (SSSR count). The van der Waals surface area contributed by atoms with Gasteiger partial charge in [-0.3, -0.25) is 14.5 Å². The molecule has 0 spiro atoms. The second-order valence-electron chi connectivity index (χ2n) is 6.91. The van der Waals surface area contributed by atoms with E-state index in [-0.39, 0.29) is 17.2 Å². The van der Waals surface area contributed by atoms with Crippen LogP contribution in [0.25, 0.3) is 0 Å². The van der Waals surface area contributed by atoms with E-state index in [1.165, 1.54) is 0 Å². The van der Waals surface area contributed by atoms with Crippen molar-refractivity contribution < 1.29 is 14.3 Å². The van der Waals surface area contributed by atoms with Gasteiger partial charge >= 0.3 is 0 Å². The molecule has 1 aliphatic heterocycles. The molecule has 1 N–H and O–H groups in total. The van der Waals surface area contributed by atoms with Crippen molar-refractivity contribution in [2.24, 2.45) is 0 Å². The van der Waals surface area contributed by atoms with Crippen LogP contribution >= 0.6 is 27.7 Å². The molecule has 31 heavy (non-hydrogen) atoms. The van der Waals surface area contributed by atoms with E-state index in [9.17, 15) is 9.59 Å². The fourth-order valence-electron chi connectivity index (χ4n) is 3.39. The summed E-state index contributed by atoms with van der Waals surface area (Å²) in [5.74, 6) is 1.11. The van der Waals surface area contributed by atoms with Crippen molar-refractivity contribution >= 4 is 50.9 Å². The normalized spacial score (nSPS) is 15.7. The Balaban J connectivity index is 1.50. The van der Waals surface area contributed by atoms with E-state index in [1.54, 1.807) is 17.8 Å². The van der Waals surface area contributed by atoms with E-state index in [4.69, 9.17) is 4.74 Å². The highest BCUT2D eigenvalue weighted by Gasteiger charge is 2.34. The van der Waals surface area contributed by atoms with Crippen LogP contribution in [0.3, 0.4) is 0 Å². The fraction of sp³-hybridized carbons (Fsp3) is 0.167. The first-order valence-corrected chi connectivity index (χ1v) is 11.7. The minimum atomic E-state index is -0.179. The Kier molecular flexibility index (Phi) is 6.63. The first-order chi connectivity index (χ1) is 15.1. The summed E-state index contributed by atoms with van der Waals surface area (Å²) in [6.07, 6.45) is 0. The number of ether oxygens (including phenoxy) is 1. The van der Waals surface area contributed by atoms with Crippen molar-refractivity contribution in [3.8, 4) is 5.75 Å². The predicted octanol–water partition coefficient (Wildman–Crippen LogP) is 5.88. The summed E-state index contributed by atoms with van der Waals surface area (Å²) in [6, 6.07) is 22.5. The molecule has 158 valence electrons. The Bertz CT molecular complexity index is 1090. The molecule has 0 aliphatic carbocycles. The molecule has 1 saturated heterocycles. The molecule has 1 aliphatic rings. The molecular formula is C24H21BrN2O3S. The summed E-state index contributed by atoms with van der Waals surface area (Å²) in [4.78, 5) is 26.9. The lowest BCUT2D eigenvalue weighted by atomic mass is 10.1. The minimum absolute atomic E-state index is 0.0745. The number of nitrogens with one attached hydrogen (secondary N) is 1. The van der Waals surface area contributed by atoms with Crippen LogP contribution in [0.5, 0.6) is 5.75 Å². The number of rotatable bonds is 6. The smallest absolute Gasteiger partial charge is 0.256 e. The lowest BCUT2D eigenvalue weighted by molar-refractivity contribution is -0.115. The first kappa shape index (κ1) is 21.5. The van der Waals surface area contributed by atoms with E-state index in [1.807, 2.05) is 78.6 Å². The van der Waals surface area contributed by atoms with Gasteiger partial charge in [0.25, 0.3) is 5.91 Å². The van der Waals surface area contributed by atoms with Crippen LogP contribution in [0.15, 0.2) is 77.3 Å². The quantitative estimate of drug-likeness (QED) is 0.462. The molecule has 1 fully saturated rings. The number of benzene rings is 3. The number of carbonyl (C=O) groups is 2. The number of hydrogen-bond donors (Lipinski definition) is 1. The van der Waals surface area contributed by atoms with Crippen molar-refractivity contribution in [1.29, 1.82) is 0 Å². The zero-order valence-electron chi connectivity index (χ0n) is 16.9. The highest BCUT2D eigenvalue weighted by Crippen LogP contribution is 2.42. The average molecular weight is 497 g/mol. The van der Waals surface area contributed by atoms with Gasteiger partial charge in [-0.15, -0.1) is 11.8 Å².